The van der Waals surface area contributed by atoms with Crippen molar-refractivity contribution >= 4 is 0 Å². The number of hydrogen-bond acceptors (Lipinski definition) is 3. The second-order valence-electron chi connectivity index (χ2n) is 4.98. The minimum Gasteiger partial charge on any atom is -0.493 e. The molecule has 0 radical (unpaired) electrons. The van der Waals surface area contributed by atoms with Gasteiger partial charge in [0.05, 0.1) is 14.2 Å². The van der Waals surface area contributed by atoms with Gasteiger partial charge in [-0.2, -0.15) is 0 Å². The molecule has 2 aromatic carbocycles. The molecule has 0 aliphatic carbocycles. The Hall–Kier alpha value is -2.16. The van der Waals surface area contributed by atoms with Crippen molar-refractivity contribution in [3.05, 3.63) is 53.6 Å². The average molecular weight is 270 g/mol. The Bertz CT molecular complexity index is 621. The molecule has 3 nitrogen and oxygen atoms in total. The molecule has 20 heavy (non-hydrogen) atoms. The van der Waals surface area contributed by atoms with E-state index in [0.29, 0.717) is 5.92 Å². The van der Waals surface area contributed by atoms with E-state index in [-0.39, 0.29) is 6.10 Å². The monoisotopic (exact) mass is 270 g/mol. The lowest BCUT2D eigenvalue weighted by Crippen LogP contribution is -2.07. The molecule has 2 atom stereocenters. The van der Waals surface area contributed by atoms with E-state index in [1.54, 1.807) is 14.2 Å². The quantitative estimate of drug-likeness (QED) is 0.845. The highest BCUT2D eigenvalue weighted by Gasteiger charge is 2.32. The van der Waals surface area contributed by atoms with Crippen molar-refractivity contribution in [2.24, 2.45) is 0 Å². The van der Waals surface area contributed by atoms with Crippen LogP contribution >= 0.6 is 0 Å². The zero-order valence-electron chi connectivity index (χ0n) is 11.9. The maximum atomic E-state index is 6.08. The van der Waals surface area contributed by atoms with Gasteiger partial charge in [0, 0.05) is 11.5 Å². The Balaban J connectivity index is 1.96. The molecule has 2 aromatic rings. The van der Waals surface area contributed by atoms with Gasteiger partial charge in [0.15, 0.2) is 11.5 Å². The van der Waals surface area contributed by atoms with Crippen LogP contribution in [0.15, 0.2) is 42.5 Å². The van der Waals surface area contributed by atoms with Gasteiger partial charge < -0.3 is 14.2 Å². The predicted molar refractivity (Wildman–Crippen MR) is 77.8 cm³/mol. The van der Waals surface area contributed by atoms with Crippen LogP contribution in [0.5, 0.6) is 17.2 Å². The molecule has 0 saturated carbocycles. The summed E-state index contributed by atoms with van der Waals surface area (Å²) in [6, 6.07) is 14.2. The van der Waals surface area contributed by atoms with Gasteiger partial charge in [0.25, 0.3) is 0 Å². The first kappa shape index (κ1) is 12.9. The van der Waals surface area contributed by atoms with Crippen LogP contribution in [0.25, 0.3) is 0 Å². The van der Waals surface area contributed by atoms with Crippen LogP contribution in [-0.2, 0) is 0 Å². The second-order valence-corrected chi connectivity index (χ2v) is 4.98. The first-order chi connectivity index (χ1) is 9.74. The largest absolute Gasteiger partial charge is 0.493 e. The minimum atomic E-state index is 0.0206. The highest BCUT2D eigenvalue weighted by Crippen LogP contribution is 2.46. The van der Waals surface area contributed by atoms with Gasteiger partial charge in [-0.25, -0.2) is 0 Å². The summed E-state index contributed by atoms with van der Waals surface area (Å²) in [5.74, 6) is 2.76. The highest BCUT2D eigenvalue weighted by atomic mass is 16.5. The summed E-state index contributed by atoms with van der Waals surface area (Å²) >= 11 is 0. The molecular formula is C17H18O3. The van der Waals surface area contributed by atoms with Crippen LogP contribution in [0.4, 0.5) is 0 Å². The Kier molecular flexibility index (Phi) is 3.26. The van der Waals surface area contributed by atoms with Crippen molar-refractivity contribution in [2.45, 2.75) is 18.9 Å². The third kappa shape index (κ3) is 1.99. The van der Waals surface area contributed by atoms with Crippen LogP contribution < -0.4 is 14.2 Å². The van der Waals surface area contributed by atoms with E-state index in [1.807, 2.05) is 30.3 Å². The SMILES string of the molecule is COc1ccc(C2Oc3ccccc3C2C)cc1OC. The number of para-hydroxylation sites is 1. The van der Waals surface area contributed by atoms with Gasteiger partial charge in [-0.05, 0) is 23.8 Å². The fourth-order valence-corrected chi connectivity index (χ4v) is 2.75. The van der Waals surface area contributed by atoms with Gasteiger partial charge in [-0.3, -0.25) is 0 Å². The standard InChI is InChI=1S/C17H18O3/c1-11-13-6-4-5-7-14(13)20-17(11)12-8-9-15(18-2)16(10-12)19-3/h4-11,17H,1-3H3. The summed E-state index contributed by atoms with van der Waals surface area (Å²) in [4.78, 5) is 0. The fourth-order valence-electron chi connectivity index (χ4n) is 2.75. The number of ether oxygens (including phenoxy) is 3. The van der Waals surface area contributed by atoms with Crippen LogP contribution in [0.3, 0.4) is 0 Å². The third-order valence-electron chi connectivity index (χ3n) is 3.85. The Labute approximate surface area is 119 Å². The average Bonchev–Trinajstić information content (AvgIpc) is 2.84. The summed E-state index contributed by atoms with van der Waals surface area (Å²) in [7, 11) is 3.29. The van der Waals surface area contributed by atoms with E-state index in [9.17, 15) is 0 Å². The Morgan fingerprint density at radius 3 is 2.40 bits per heavy atom. The highest BCUT2D eigenvalue weighted by molar-refractivity contribution is 5.47. The number of methoxy groups -OCH3 is 2. The zero-order valence-corrected chi connectivity index (χ0v) is 11.9. The molecule has 104 valence electrons. The molecule has 1 aliphatic rings. The van der Waals surface area contributed by atoms with E-state index in [1.165, 1.54) is 5.56 Å². The van der Waals surface area contributed by atoms with Crippen molar-refractivity contribution in [1.82, 2.24) is 0 Å². The van der Waals surface area contributed by atoms with Crippen molar-refractivity contribution in [2.75, 3.05) is 14.2 Å². The van der Waals surface area contributed by atoms with Crippen LogP contribution in [0.1, 0.15) is 30.1 Å². The van der Waals surface area contributed by atoms with Crippen molar-refractivity contribution < 1.29 is 14.2 Å². The topological polar surface area (TPSA) is 27.7 Å². The molecule has 0 aromatic heterocycles. The molecule has 1 heterocycles. The molecule has 3 heteroatoms. The Morgan fingerprint density at radius 2 is 1.70 bits per heavy atom. The smallest absolute Gasteiger partial charge is 0.161 e. The molecule has 0 saturated heterocycles. The fraction of sp³-hybridized carbons (Fsp3) is 0.294. The summed E-state index contributed by atoms with van der Waals surface area (Å²) in [5.41, 5.74) is 2.36. The molecule has 3 rings (SSSR count). The maximum absolute atomic E-state index is 6.08. The predicted octanol–water partition coefficient (Wildman–Crippen LogP) is 3.94. The molecule has 0 fully saturated rings. The Morgan fingerprint density at radius 1 is 0.950 bits per heavy atom. The van der Waals surface area contributed by atoms with Gasteiger partial charge in [0.2, 0.25) is 0 Å². The van der Waals surface area contributed by atoms with E-state index < -0.39 is 0 Å². The minimum absolute atomic E-state index is 0.0206. The normalized spacial score (nSPS) is 20.1. The van der Waals surface area contributed by atoms with E-state index in [4.69, 9.17) is 14.2 Å². The first-order valence-corrected chi connectivity index (χ1v) is 6.72. The lowest BCUT2D eigenvalue weighted by Gasteiger charge is -2.17. The molecule has 0 spiro atoms. The van der Waals surface area contributed by atoms with E-state index >= 15 is 0 Å². The molecule has 1 aliphatic heterocycles. The number of fused-ring (bicyclic) bond motifs is 1. The summed E-state index contributed by atoms with van der Waals surface area (Å²) in [6.07, 6.45) is 0.0206. The van der Waals surface area contributed by atoms with E-state index in [2.05, 4.69) is 19.1 Å². The van der Waals surface area contributed by atoms with Gasteiger partial charge in [0.1, 0.15) is 11.9 Å². The summed E-state index contributed by atoms with van der Waals surface area (Å²) in [5, 5.41) is 0. The summed E-state index contributed by atoms with van der Waals surface area (Å²) < 4.78 is 16.7. The van der Waals surface area contributed by atoms with Crippen LogP contribution in [0, 0.1) is 0 Å². The second kappa shape index (κ2) is 5.08. The zero-order chi connectivity index (χ0) is 14.1. The summed E-state index contributed by atoms with van der Waals surface area (Å²) in [6.45, 7) is 2.19. The third-order valence-corrected chi connectivity index (χ3v) is 3.85. The van der Waals surface area contributed by atoms with Crippen LogP contribution in [0.2, 0.25) is 0 Å². The molecule has 0 amide bonds. The van der Waals surface area contributed by atoms with Gasteiger partial charge >= 0.3 is 0 Å². The molecular weight excluding hydrogens is 252 g/mol. The van der Waals surface area contributed by atoms with Crippen LogP contribution in [-0.4, -0.2) is 14.2 Å². The van der Waals surface area contributed by atoms with Gasteiger partial charge in [-0.15, -0.1) is 0 Å². The van der Waals surface area contributed by atoms with E-state index in [0.717, 1.165) is 22.8 Å². The molecule has 2 unspecified atom stereocenters. The molecule has 0 N–H and O–H groups in total. The van der Waals surface area contributed by atoms with Crippen molar-refractivity contribution in [3.8, 4) is 17.2 Å². The number of benzene rings is 2. The number of hydrogen-bond donors (Lipinski definition) is 0. The molecule has 0 bridgehead atoms. The van der Waals surface area contributed by atoms with Gasteiger partial charge in [-0.1, -0.05) is 31.2 Å². The lowest BCUT2D eigenvalue weighted by molar-refractivity contribution is 0.215. The maximum Gasteiger partial charge on any atom is 0.161 e. The lowest BCUT2D eigenvalue weighted by atomic mass is 9.93. The van der Waals surface area contributed by atoms with Crippen molar-refractivity contribution in [1.29, 1.82) is 0 Å². The first-order valence-electron chi connectivity index (χ1n) is 6.72. The number of rotatable bonds is 3. The van der Waals surface area contributed by atoms with Crippen molar-refractivity contribution in [3.63, 3.8) is 0 Å².